The minimum Gasteiger partial charge on any atom is -0.508 e. The number of nitrogens with zero attached hydrogens (tertiary/aromatic N) is 2. The molecule has 0 unspecified atom stereocenters. The third-order valence-corrected chi connectivity index (χ3v) is 8.21. The number of benzene rings is 2. The van der Waals surface area contributed by atoms with Crippen LogP contribution < -0.4 is 28.3 Å². The molecule has 13 heteroatoms. The number of nitrogens with one attached hydrogen (secondary N) is 2. The van der Waals surface area contributed by atoms with E-state index in [4.69, 9.17) is 22.9 Å². The van der Waals surface area contributed by atoms with Crippen LogP contribution in [-0.2, 0) is 38.4 Å². The number of nitrogens with two attached hydrogens (primary N) is 4. The number of aliphatic imine (C=N–C) groups is 1. The number of rotatable bonds is 19. The third kappa shape index (κ3) is 11.7. The van der Waals surface area contributed by atoms with Gasteiger partial charge in [0.25, 0.3) is 0 Å². The number of aryl methyl sites for hydroxylation is 2. The highest BCUT2D eigenvalue weighted by atomic mass is 16.3. The number of phenolic OH excluding ortho intramolecular Hbond substituents is 1. The van der Waals surface area contributed by atoms with E-state index in [2.05, 4.69) is 20.5 Å². The number of H-pyrrole nitrogens is 1. The Morgan fingerprint density at radius 1 is 0.915 bits per heavy atom. The minimum atomic E-state index is -1.02. The second kappa shape index (κ2) is 17.6. The smallest absolute Gasteiger partial charge is 0.224 e. The zero-order valence-corrected chi connectivity index (χ0v) is 26.9. The number of hydrogen-bond acceptors (Lipinski definition) is 8. The van der Waals surface area contributed by atoms with Crippen LogP contribution >= 0.6 is 0 Å². The summed E-state index contributed by atoms with van der Waals surface area (Å²) in [4.78, 5) is 57.4. The number of phenols is 1. The van der Waals surface area contributed by atoms with Crippen molar-refractivity contribution in [3.05, 3.63) is 82.7 Å². The maximum atomic E-state index is 14.0. The lowest BCUT2D eigenvalue weighted by atomic mass is 9.86. The van der Waals surface area contributed by atoms with Crippen molar-refractivity contribution >= 4 is 29.3 Å². The fraction of sp³-hybridized carbons (Fsp3) is 0.412. The molecule has 2 aromatic carbocycles. The Morgan fingerprint density at radius 2 is 1.57 bits per heavy atom. The molecule has 3 rings (SSSR count). The standard InChI is InChI=1S/C34H46N8O5/c1-20-11-26(43)12-21(2)27(20)15-25(17-30(44)28(35)9-6-10-39-34(37)38)33(47)42-29(14-23-18-40-41-19-23)31(45)16-24(32(36)46)13-22-7-4-3-5-8-22/h3-5,7-8,11-12,18-19,24-25,28-29,43H,6,9-10,13-17,35H2,1-2H3,(H2,36,46)(H,40,41)(H,42,47)(H4,37,38,39)/t24-,25-,28-,29+/m1/s1. The largest absolute Gasteiger partial charge is 0.508 e. The molecule has 3 aromatic rings. The quantitative estimate of drug-likeness (QED) is 0.0562. The van der Waals surface area contributed by atoms with E-state index in [0.717, 1.165) is 22.3 Å². The van der Waals surface area contributed by atoms with Gasteiger partial charge in [0.15, 0.2) is 11.7 Å². The van der Waals surface area contributed by atoms with Gasteiger partial charge in [0, 0.05) is 43.8 Å². The van der Waals surface area contributed by atoms with Crippen LogP contribution in [0.25, 0.3) is 0 Å². The summed E-state index contributed by atoms with van der Waals surface area (Å²) in [6.45, 7) is 3.94. The molecular formula is C34H46N8O5. The lowest BCUT2D eigenvalue weighted by molar-refractivity contribution is -0.133. The van der Waals surface area contributed by atoms with Crippen LogP contribution in [0.15, 0.2) is 59.9 Å². The number of guanidine groups is 1. The number of Topliss-reactive ketones (excluding diaryl/α,β-unsaturated/α-hetero) is 2. The van der Waals surface area contributed by atoms with E-state index in [1.54, 1.807) is 24.5 Å². The van der Waals surface area contributed by atoms with E-state index in [1.807, 2.05) is 44.2 Å². The minimum absolute atomic E-state index is 0.0528. The first-order valence-electron chi connectivity index (χ1n) is 15.6. The van der Waals surface area contributed by atoms with Crippen LogP contribution in [0.4, 0.5) is 0 Å². The van der Waals surface area contributed by atoms with Crippen LogP contribution in [0.2, 0.25) is 0 Å². The Morgan fingerprint density at radius 3 is 2.17 bits per heavy atom. The van der Waals surface area contributed by atoms with Crippen molar-refractivity contribution in [3.8, 4) is 5.75 Å². The van der Waals surface area contributed by atoms with Crippen LogP contribution in [0, 0.1) is 25.7 Å². The molecule has 11 N–H and O–H groups in total. The number of primary amides is 1. The van der Waals surface area contributed by atoms with Crippen molar-refractivity contribution in [2.24, 2.45) is 39.8 Å². The number of hydrogen-bond donors (Lipinski definition) is 7. The summed E-state index contributed by atoms with van der Waals surface area (Å²) in [6, 6.07) is 10.6. The van der Waals surface area contributed by atoms with E-state index < -0.39 is 35.7 Å². The Hall–Kier alpha value is -5.04. The van der Waals surface area contributed by atoms with E-state index in [1.165, 1.54) is 0 Å². The maximum Gasteiger partial charge on any atom is 0.224 e. The number of aromatic nitrogens is 2. The zero-order chi connectivity index (χ0) is 34.5. The van der Waals surface area contributed by atoms with Crippen molar-refractivity contribution in [2.45, 2.75) is 70.9 Å². The van der Waals surface area contributed by atoms with Crippen LogP contribution in [-0.4, -0.2) is 63.3 Å². The number of aromatic amines is 1. The van der Waals surface area contributed by atoms with Crippen LogP contribution in [0.5, 0.6) is 5.75 Å². The number of ketones is 2. The molecule has 47 heavy (non-hydrogen) atoms. The van der Waals surface area contributed by atoms with Crippen molar-refractivity contribution in [3.63, 3.8) is 0 Å². The molecule has 0 saturated heterocycles. The first-order chi connectivity index (χ1) is 22.3. The highest BCUT2D eigenvalue weighted by Crippen LogP contribution is 2.26. The summed E-state index contributed by atoms with van der Waals surface area (Å²) in [5.41, 5.74) is 26.5. The Balaban J connectivity index is 1.85. The predicted octanol–water partition coefficient (Wildman–Crippen LogP) is 1.26. The van der Waals surface area contributed by atoms with Gasteiger partial charge in [0.05, 0.1) is 18.3 Å². The monoisotopic (exact) mass is 646 g/mol. The number of carbonyl (C=O) groups excluding carboxylic acids is 4. The second-order valence-electron chi connectivity index (χ2n) is 12.0. The van der Waals surface area contributed by atoms with Crippen molar-refractivity contribution < 1.29 is 24.3 Å². The highest BCUT2D eigenvalue weighted by Gasteiger charge is 2.32. The van der Waals surface area contributed by atoms with E-state index in [9.17, 15) is 24.3 Å². The summed E-state index contributed by atoms with van der Waals surface area (Å²) < 4.78 is 0. The Kier molecular flexibility index (Phi) is 13.6. The normalized spacial score (nSPS) is 13.6. The van der Waals surface area contributed by atoms with Crippen LogP contribution in [0.3, 0.4) is 0 Å². The van der Waals surface area contributed by atoms with Gasteiger partial charge in [-0.2, -0.15) is 5.10 Å². The molecule has 1 heterocycles. The first kappa shape index (κ1) is 36.4. The molecule has 0 fully saturated rings. The fourth-order valence-corrected chi connectivity index (χ4v) is 5.59. The molecule has 0 aliphatic heterocycles. The summed E-state index contributed by atoms with van der Waals surface area (Å²) in [5.74, 6) is -3.47. The summed E-state index contributed by atoms with van der Waals surface area (Å²) in [6.07, 6.45) is 4.14. The number of amides is 2. The van der Waals surface area contributed by atoms with Gasteiger partial charge in [-0.15, -0.1) is 0 Å². The highest BCUT2D eigenvalue weighted by molar-refractivity contribution is 5.94. The van der Waals surface area contributed by atoms with Crippen molar-refractivity contribution in [1.29, 1.82) is 0 Å². The zero-order valence-electron chi connectivity index (χ0n) is 26.9. The lowest BCUT2D eigenvalue weighted by Crippen LogP contribution is -2.47. The molecule has 2 amide bonds. The van der Waals surface area contributed by atoms with E-state index in [0.29, 0.717) is 24.9 Å². The van der Waals surface area contributed by atoms with Gasteiger partial charge in [0.2, 0.25) is 11.8 Å². The molecule has 0 radical (unpaired) electrons. The molecule has 252 valence electrons. The summed E-state index contributed by atoms with van der Waals surface area (Å²) in [7, 11) is 0. The van der Waals surface area contributed by atoms with Gasteiger partial charge >= 0.3 is 0 Å². The molecule has 0 aliphatic rings. The molecule has 0 aliphatic carbocycles. The molecule has 0 bridgehead atoms. The molecule has 4 atom stereocenters. The number of carbonyl (C=O) groups is 4. The van der Waals surface area contributed by atoms with E-state index in [-0.39, 0.29) is 55.4 Å². The lowest BCUT2D eigenvalue weighted by Gasteiger charge is -2.25. The Labute approximate surface area is 274 Å². The summed E-state index contributed by atoms with van der Waals surface area (Å²) in [5, 5.41) is 19.6. The van der Waals surface area contributed by atoms with Crippen LogP contribution in [0.1, 0.15) is 53.5 Å². The van der Waals surface area contributed by atoms with Gasteiger partial charge in [-0.3, -0.25) is 29.3 Å². The fourth-order valence-electron chi connectivity index (χ4n) is 5.59. The third-order valence-electron chi connectivity index (χ3n) is 8.21. The van der Waals surface area contributed by atoms with Gasteiger partial charge in [-0.25, -0.2) is 0 Å². The van der Waals surface area contributed by atoms with E-state index >= 15 is 0 Å². The van der Waals surface area contributed by atoms with Gasteiger partial charge in [-0.1, -0.05) is 30.3 Å². The average molecular weight is 647 g/mol. The topological polar surface area (TPSA) is 246 Å². The average Bonchev–Trinajstić information content (AvgIpc) is 3.53. The molecule has 13 nitrogen and oxygen atoms in total. The van der Waals surface area contributed by atoms with Gasteiger partial charge in [-0.05, 0) is 79.5 Å². The Bertz CT molecular complexity index is 1510. The molecule has 0 saturated carbocycles. The summed E-state index contributed by atoms with van der Waals surface area (Å²) >= 11 is 0. The second-order valence-corrected chi connectivity index (χ2v) is 12.0. The molecule has 0 spiro atoms. The van der Waals surface area contributed by atoms with Gasteiger partial charge in [0.1, 0.15) is 11.5 Å². The predicted molar refractivity (Wildman–Crippen MR) is 179 cm³/mol. The maximum absolute atomic E-state index is 14.0. The van der Waals surface area contributed by atoms with Crippen molar-refractivity contribution in [1.82, 2.24) is 15.5 Å². The number of aromatic hydroxyl groups is 1. The van der Waals surface area contributed by atoms with Crippen molar-refractivity contribution in [2.75, 3.05) is 6.54 Å². The SMILES string of the molecule is Cc1cc(O)cc(C)c1C[C@H](CC(=O)[C@H](N)CCCN=C(N)N)C(=O)N[C@@H](Cc1cn[nH]c1)C(=O)C[C@@H](Cc1ccccc1)C(N)=O. The molecule has 1 aromatic heterocycles. The first-order valence-corrected chi connectivity index (χ1v) is 15.6. The van der Waals surface area contributed by atoms with Gasteiger partial charge < -0.3 is 33.4 Å². The molecular weight excluding hydrogens is 600 g/mol.